The minimum atomic E-state index is -0.191. The van der Waals surface area contributed by atoms with Gasteiger partial charge in [0.25, 0.3) is 5.91 Å². The van der Waals surface area contributed by atoms with Crippen molar-refractivity contribution < 1.29 is 9.53 Å². The molecule has 7 heteroatoms. The molecule has 3 aromatic rings. The lowest BCUT2D eigenvalue weighted by Crippen LogP contribution is -2.22. The molecule has 0 saturated carbocycles. The Morgan fingerprint density at radius 1 is 1.23 bits per heavy atom. The van der Waals surface area contributed by atoms with Crippen molar-refractivity contribution >= 4 is 5.91 Å². The third kappa shape index (κ3) is 4.24. The van der Waals surface area contributed by atoms with E-state index in [1.54, 1.807) is 35.5 Å². The van der Waals surface area contributed by atoms with Crippen molar-refractivity contribution in [1.82, 2.24) is 25.1 Å². The van der Waals surface area contributed by atoms with Gasteiger partial charge < -0.3 is 10.1 Å². The van der Waals surface area contributed by atoms with Crippen LogP contribution < -0.4 is 10.1 Å². The number of nitrogens with one attached hydrogen (secondary N) is 1. The SMILES string of the molecule is Cc1ccc(Oc2ncccc2CNC(=O)c2cnn(C(C)C)c2)cn1. The number of aromatic nitrogens is 4. The summed E-state index contributed by atoms with van der Waals surface area (Å²) in [7, 11) is 0. The topological polar surface area (TPSA) is 81.9 Å². The maximum absolute atomic E-state index is 12.3. The first-order chi connectivity index (χ1) is 12.5. The van der Waals surface area contributed by atoms with E-state index in [0.29, 0.717) is 23.7 Å². The Hall–Kier alpha value is -3.22. The maximum atomic E-state index is 12.3. The first-order valence-corrected chi connectivity index (χ1v) is 8.39. The molecule has 1 amide bonds. The summed E-state index contributed by atoms with van der Waals surface area (Å²) in [5, 5.41) is 7.06. The van der Waals surface area contributed by atoms with Crippen molar-refractivity contribution in [2.24, 2.45) is 0 Å². The highest BCUT2D eigenvalue weighted by Gasteiger charge is 2.12. The van der Waals surface area contributed by atoms with Crippen LogP contribution in [0.1, 0.15) is 41.5 Å². The van der Waals surface area contributed by atoms with E-state index in [-0.39, 0.29) is 11.9 Å². The first kappa shape index (κ1) is 17.6. The third-order valence-corrected chi connectivity index (χ3v) is 3.78. The van der Waals surface area contributed by atoms with Crippen molar-refractivity contribution in [3.05, 3.63) is 65.9 Å². The smallest absolute Gasteiger partial charge is 0.254 e. The van der Waals surface area contributed by atoms with Gasteiger partial charge in [-0.25, -0.2) is 4.98 Å². The largest absolute Gasteiger partial charge is 0.437 e. The van der Waals surface area contributed by atoms with Crippen LogP contribution in [0.15, 0.2) is 49.1 Å². The lowest BCUT2D eigenvalue weighted by molar-refractivity contribution is 0.0950. The van der Waals surface area contributed by atoms with Crippen LogP contribution in [0.5, 0.6) is 11.6 Å². The quantitative estimate of drug-likeness (QED) is 0.737. The molecule has 0 aliphatic heterocycles. The van der Waals surface area contributed by atoms with Crippen LogP contribution in [-0.4, -0.2) is 25.7 Å². The second-order valence-electron chi connectivity index (χ2n) is 6.19. The lowest BCUT2D eigenvalue weighted by atomic mass is 10.2. The molecule has 3 heterocycles. The number of hydrogen-bond donors (Lipinski definition) is 1. The van der Waals surface area contributed by atoms with Crippen LogP contribution in [0.25, 0.3) is 0 Å². The Morgan fingerprint density at radius 2 is 2.08 bits per heavy atom. The van der Waals surface area contributed by atoms with E-state index in [0.717, 1.165) is 11.3 Å². The van der Waals surface area contributed by atoms with Gasteiger partial charge in [0.1, 0.15) is 5.75 Å². The first-order valence-electron chi connectivity index (χ1n) is 8.39. The molecule has 3 rings (SSSR count). The molecule has 0 radical (unpaired) electrons. The molecule has 26 heavy (non-hydrogen) atoms. The fourth-order valence-electron chi connectivity index (χ4n) is 2.29. The van der Waals surface area contributed by atoms with Crippen LogP contribution in [0.4, 0.5) is 0 Å². The molecule has 1 N–H and O–H groups in total. The lowest BCUT2D eigenvalue weighted by Gasteiger charge is -2.10. The van der Waals surface area contributed by atoms with E-state index in [4.69, 9.17) is 4.74 Å². The van der Waals surface area contributed by atoms with Gasteiger partial charge in [-0.2, -0.15) is 5.10 Å². The Kier molecular flexibility index (Phi) is 5.26. The van der Waals surface area contributed by atoms with Crippen LogP contribution in [0.3, 0.4) is 0 Å². The number of nitrogens with zero attached hydrogens (tertiary/aromatic N) is 4. The second-order valence-corrected chi connectivity index (χ2v) is 6.19. The zero-order valence-electron chi connectivity index (χ0n) is 15.0. The second kappa shape index (κ2) is 7.77. The van der Waals surface area contributed by atoms with Gasteiger partial charge in [0.05, 0.1) is 18.0 Å². The highest BCUT2D eigenvalue weighted by Crippen LogP contribution is 2.22. The van der Waals surface area contributed by atoms with Gasteiger partial charge in [0.15, 0.2) is 0 Å². The molecule has 3 aromatic heterocycles. The molecule has 0 saturated heterocycles. The molecule has 0 atom stereocenters. The van der Waals surface area contributed by atoms with E-state index >= 15 is 0 Å². The van der Waals surface area contributed by atoms with Crippen LogP contribution in [-0.2, 0) is 6.54 Å². The van der Waals surface area contributed by atoms with Gasteiger partial charge >= 0.3 is 0 Å². The number of hydrogen-bond acceptors (Lipinski definition) is 5. The predicted octanol–water partition coefficient (Wildman–Crippen LogP) is 3.28. The summed E-state index contributed by atoms with van der Waals surface area (Å²) in [6, 6.07) is 7.57. The van der Waals surface area contributed by atoms with E-state index in [9.17, 15) is 4.79 Å². The predicted molar refractivity (Wildman–Crippen MR) is 97.1 cm³/mol. The summed E-state index contributed by atoms with van der Waals surface area (Å²) in [5.41, 5.74) is 2.21. The Bertz CT molecular complexity index is 887. The molecule has 0 bridgehead atoms. The number of rotatable bonds is 6. The Labute approximate surface area is 152 Å². The minimum Gasteiger partial charge on any atom is -0.437 e. The summed E-state index contributed by atoms with van der Waals surface area (Å²) in [4.78, 5) is 20.8. The normalized spacial score (nSPS) is 10.8. The molecule has 0 aliphatic rings. The molecule has 7 nitrogen and oxygen atoms in total. The molecule has 0 aliphatic carbocycles. The number of amides is 1. The summed E-state index contributed by atoms with van der Waals surface area (Å²) in [6.45, 7) is 6.23. The fourth-order valence-corrected chi connectivity index (χ4v) is 2.29. The number of aryl methyl sites for hydroxylation is 1. The van der Waals surface area contributed by atoms with Crippen LogP contribution >= 0.6 is 0 Å². The van der Waals surface area contributed by atoms with Crippen molar-refractivity contribution in [1.29, 1.82) is 0 Å². The van der Waals surface area contributed by atoms with Crippen molar-refractivity contribution in [3.8, 4) is 11.6 Å². The number of pyridine rings is 2. The van der Waals surface area contributed by atoms with Gasteiger partial charge in [0, 0.05) is 36.2 Å². The molecular formula is C19H21N5O2. The van der Waals surface area contributed by atoms with Gasteiger partial charge in [-0.3, -0.25) is 14.5 Å². The van der Waals surface area contributed by atoms with Gasteiger partial charge in [-0.15, -0.1) is 0 Å². The monoisotopic (exact) mass is 351 g/mol. The zero-order chi connectivity index (χ0) is 18.5. The van der Waals surface area contributed by atoms with Gasteiger partial charge in [-0.05, 0) is 39.0 Å². The zero-order valence-corrected chi connectivity index (χ0v) is 15.0. The summed E-state index contributed by atoms with van der Waals surface area (Å²) < 4.78 is 7.54. The molecule has 0 aromatic carbocycles. The number of ether oxygens (including phenoxy) is 1. The summed E-state index contributed by atoms with van der Waals surface area (Å²) in [5.74, 6) is 0.847. The average molecular weight is 351 g/mol. The molecule has 0 fully saturated rings. The standard InChI is InChI=1S/C19H21N5O2/c1-13(2)24-12-16(10-23-24)18(25)22-9-15-5-4-8-20-19(15)26-17-7-6-14(3)21-11-17/h4-8,10-13H,9H2,1-3H3,(H,22,25). The molecule has 0 spiro atoms. The van der Waals surface area contributed by atoms with Crippen molar-refractivity contribution in [2.75, 3.05) is 0 Å². The van der Waals surface area contributed by atoms with E-state index in [1.807, 2.05) is 39.0 Å². The highest BCUT2D eigenvalue weighted by molar-refractivity contribution is 5.93. The Morgan fingerprint density at radius 3 is 2.77 bits per heavy atom. The maximum Gasteiger partial charge on any atom is 0.254 e. The summed E-state index contributed by atoms with van der Waals surface area (Å²) >= 11 is 0. The van der Waals surface area contributed by atoms with E-state index in [1.165, 1.54) is 0 Å². The van der Waals surface area contributed by atoms with Crippen molar-refractivity contribution in [3.63, 3.8) is 0 Å². The van der Waals surface area contributed by atoms with E-state index < -0.39 is 0 Å². The van der Waals surface area contributed by atoms with Crippen LogP contribution in [0.2, 0.25) is 0 Å². The third-order valence-electron chi connectivity index (χ3n) is 3.78. The summed E-state index contributed by atoms with van der Waals surface area (Å²) in [6.07, 6.45) is 6.59. The highest BCUT2D eigenvalue weighted by atomic mass is 16.5. The number of carbonyl (C=O) groups excluding carboxylic acids is 1. The fraction of sp³-hybridized carbons (Fsp3) is 0.263. The van der Waals surface area contributed by atoms with Crippen LogP contribution in [0, 0.1) is 6.92 Å². The molecule has 0 unspecified atom stereocenters. The minimum absolute atomic E-state index is 0.191. The van der Waals surface area contributed by atoms with Gasteiger partial charge in [0.2, 0.25) is 5.88 Å². The number of carbonyl (C=O) groups is 1. The molecular weight excluding hydrogens is 330 g/mol. The average Bonchev–Trinajstić information content (AvgIpc) is 3.13. The van der Waals surface area contributed by atoms with Gasteiger partial charge in [-0.1, -0.05) is 6.07 Å². The van der Waals surface area contributed by atoms with E-state index in [2.05, 4.69) is 20.4 Å². The Balaban J connectivity index is 1.67. The molecule has 134 valence electrons. The van der Waals surface area contributed by atoms with Crippen molar-refractivity contribution in [2.45, 2.75) is 33.4 Å².